The highest BCUT2D eigenvalue weighted by Crippen LogP contribution is 2.63. The fraction of sp³-hybridized carbons (Fsp3) is 0.222. The number of aliphatic hydroxyl groups excluding tert-OH is 1. The number of hydrogen-bond acceptors (Lipinski definition) is 5. The molecule has 6 heteroatoms. The number of pyridine rings is 1. The van der Waals surface area contributed by atoms with Gasteiger partial charge in [0.05, 0.1) is 40.9 Å². The lowest BCUT2D eigenvalue weighted by atomic mass is 10.1. The van der Waals surface area contributed by atoms with Gasteiger partial charge in [0, 0.05) is 22.4 Å². The summed E-state index contributed by atoms with van der Waals surface area (Å²) in [5.74, 6) is 2.93. The first kappa shape index (κ1) is 18.8. The third-order valence-electron chi connectivity index (χ3n) is 7.35. The van der Waals surface area contributed by atoms with E-state index >= 15 is 0 Å². The van der Waals surface area contributed by atoms with E-state index in [9.17, 15) is 5.11 Å². The summed E-state index contributed by atoms with van der Waals surface area (Å²) >= 11 is 0. The molecule has 0 amide bonds. The maximum Gasteiger partial charge on any atom is 0.128 e. The Morgan fingerprint density at radius 2 is 1.67 bits per heavy atom. The minimum Gasteiger partial charge on any atom is -0.393 e. The fourth-order valence-electron chi connectivity index (χ4n) is 5.75. The van der Waals surface area contributed by atoms with Gasteiger partial charge in [-0.05, 0) is 36.8 Å². The smallest absolute Gasteiger partial charge is 0.128 e. The van der Waals surface area contributed by atoms with Gasteiger partial charge in [0.2, 0.25) is 0 Å². The molecular weight excluding hydrogens is 410 g/mol. The second-order valence-electron chi connectivity index (χ2n) is 9.32. The first-order valence-electron chi connectivity index (χ1n) is 11.4. The molecular formula is C27H23N5O. The van der Waals surface area contributed by atoms with Crippen LogP contribution in [0.1, 0.15) is 24.6 Å². The Bertz CT molecular complexity index is 1510. The molecule has 0 spiro atoms. The van der Waals surface area contributed by atoms with Gasteiger partial charge in [-0.1, -0.05) is 48.5 Å². The Balaban J connectivity index is 1.36. The molecule has 0 aliphatic heterocycles. The second-order valence-corrected chi connectivity index (χ2v) is 9.32. The van der Waals surface area contributed by atoms with Crippen LogP contribution in [0, 0.1) is 11.8 Å². The predicted molar refractivity (Wildman–Crippen MR) is 129 cm³/mol. The van der Waals surface area contributed by atoms with Crippen LogP contribution in [0.15, 0.2) is 73.1 Å². The summed E-state index contributed by atoms with van der Waals surface area (Å²) in [6.07, 6.45) is 5.06. The topological polar surface area (TPSA) is 89.3 Å². The number of aromatic nitrogens is 4. The molecule has 3 aromatic heterocycles. The molecule has 0 bridgehead atoms. The number of anilines is 1. The van der Waals surface area contributed by atoms with E-state index < -0.39 is 0 Å². The van der Waals surface area contributed by atoms with E-state index in [1.165, 1.54) is 0 Å². The number of fused-ring (bicyclic) bond motifs is 3. The van der Waals surface area contributed by atoms with Gasteiger partial charge in [-0.25, -0.2) is 9.97 Å². The van der Waals surface area contributed by atoms with Crippen LogP contribution >= 0.6 is 0 Å². The van der Waals surface area contributed by atoms with Crippen molar-refractivity contribution in [2.24, 2.45) is 11.8 Å². The molecule has 2 fully saturated rings. The van der Waals surface area contributed by atoms with Crippen LogP contribution in [0.2, 0.25) is 0 Å². The Labute approximate surface area is 190 Å². The molecule has 2 atom stereocenters. The first-order valence-corrected chi connectivity index (χ1v) is 11.4. The van der Waals surface area contributed by atoms with Crippen LogP contribution in [0.3, 0.4) is 0 Å². The van der Waals surface area contributed by atoms with Crippen LogP contribution in [0.4, 0.5) is 5.82 Å². The molecule has 6 nitrogen and oxygen atoms in total. The number of imidazole rings is 1. The molecule has 2 unspecified atom stereocenters. The molecule has 162 valence electrons. The lowest BCUT2D eigenvalue weighted by Crippen LogP contribution is -2.08. The zero-order chi connectivity index (χ0) is 22.1. The Morgan fingerprint density at radius 1 is 0.879 bits per heavy atom. The molecule has 2 aliphatic rings. The minimum atomic E-state index is -0.175. The molecule has 3 N–H and O–H groups in total. The van der Waals surface area contributed by atoms with E-state index in [1.54, 1.807) is 6.20 Å². The summed E-state index contributed by atoms with van der Waals surface area (Å²) < 4.78 is 2.05. The molecule has 33 heavy (non-hydrogen) atoms. The first-order chi connectivity index (χ1) is 16.2. The van der Waals surface area contributed by atoms with Crippen molar-refractivity contribution in [1.82, 2.24) is 19.4 Å². The number of nitrogens with zero attached hydrogens (tertiary/aromatic N) is 4. The highest BCUT2D eigenvalue weighted by Gasteiger charge is 2.58. The van der Waals surface area contributed by atoms with Crippen molar-refractivity contribution in [2.75, 3.05) is 5.73 Å². The number of aliphatic hydroxyl groups is 1. The van der Waals surface area contributed by atoms with Crippen molar-refractivity contribution in [2.45, 2.75) is 24.9 Å². The molecule has 2 aliphatic carbocycles. The van der Waals surface area contributed by atoms with Crippen molar-refractivity contribution < 1.29 is 5.11 Å². The summed E-state index contributed by atoms with van der Waals surface area (Å²) in [5, 5.41) is 11.1. The number of benzene rings is 2. The minimum absolute atomic E-state index is 0.175. The molecule has 0 radical (unpaired) electrons. The predicted octanol–water partition coefficient (Wildman–Crippen LogP) is 4.68. The zero-order valence-electron chi connectivity index (χ0n) is 18.0. The standard InChI is InChI=1S/C27H23N5O/c28-24-14-29-13-23-26(31-27(32(23)24)25-19-11-18(33)12-20(19)25)17-7-6-16-8-9-21(30-22(16)10-17)15-4-2-1-3-5-15/h1-10,13-14,18-20,25,33H,11-12,28H2. The van der Waals surface area contributed by atoms with Crippen molar-refractivity contribution >= 4 is 22.2 Å². The molecule has 0 saturated heterocycles. The van der Waals surface area contributed by atoms with Gasteiger partial charge >= 0.3 is 0 Å². The van der Waals surface area contributed by atoms with Gasteiger partial charge in [0.25, 0.3) is 0 Å². The molecule has 7 rings (SSSR count). The Kier molecular flexibility index (Phi) is 3.90. The van der Waals surface area contributed by atoms with E-state index in [0.717, 1.165) is 57.6 Å². The van der Waals surface area contributed by atoms with Crippen LogP contribution in [0.25, 0.3) is 38.9 Å². The van der Waals surface area contributed by atoms with E-state index in [0.29, 0.717) is 23.6 Å². The summed E-state index contributed by atoms with van der Waals surface area (Å²) in [4.78, 5) is 14.4. The van der Waals surface area contributed by atoms with Gasteiger partial charge in [0.15, 0.2) is 0 Å². The van der Waals surface area contributed by atoms with E-state index in [4.69, 9.17) is 15.7 Å². The van der Waals surface area contributed by atoms with Crippen molar-refractivity contribution in [3.8, 4) is 22.5 Å². The summed E-state index contributed by atoms with van der Waals surface area (Å²) in [5.41, 5.74) is 12.1. The van der Waals surface area contributed by atoms with E-state index in [1.807, 2.05) is 24.4 Å². The van der Waals surface area contributed by atoms with Crippen LogP contribution in [0.5, 0.6) is 0 Å². The van der Waals surface area contributed by atoms with Crippen LogP contribution in [-0.4, -0.2) is 30.6 Å². The van der Waals surface area contributed by atoms with Crippen molar-refractivity contribution in [1.29, 1.82) is 0 Å². The molecule has 5 aromatic rings. The summed E-state index contributed by atoms with van der Waals surface area (Å²) in [6, 6.07) is 20.7. The van der Waals surface area contributed by atoms with Crippen molar-refractivity contribution in [3.63, 3.8) is 0 Å². The SMILES string of the molecule is Nc1cncc2c(-c3ccc4ccc(-c5ccccc5)nc4c3)nc(C3C4CC(O)CC43)n12. The lowest BCUT2D eigenvalue weighted by Gasteiger charge is -2.08. The monoisotopic (exact) mass is 433 g/mol. The van der Waals surface area contributed by atoms with Gasteiger partial charge in [-0.3, -0.25) is 9.38 Å². The van der Waals surface area contributed by atoms with E-state index in [2.05, 4.69) is 51.8 Å². The van der Waals surface area contributed by atoms with Gasteiger partial charge in [0.1, 0.15) is 11.6 Å². The molecule has 2 saturated carbocycles. The summed E-state index contributed by atoms with van der Waals surface area (Å²) in [7, 11) is 0. The van der Waals surface area contributed by atoms with Crippen LogP contribution in [-0.2, 0) is 0 Å². The number of hydrogen-bond donors (Lipinski definition) is 2. The maximum absolute atomic E-state index is 9.98. The van der Waals surface area contributed by atoms with E-state index in [-0.39, 0.29) is 6.10 Å². The average molecular weight is 434 g/mol. The highest BCUT2D eigenvalue weighted by molar-refractivity contribution is 5.89. The Morgan fingerprint density at radius 3 is 2.48 bits per heavy atom. The lowest BCUT2D eigenvalue weighted by molar-refractivity contribution is 0.165. The zero-order valence-corrected chi connectivity index (χ0v) is 18.0. The number of nitrogen functional groups attached to an aromatic ring is 1. The second kappa shape index (κ2) is 6.86. The Hall–Kier alpha value is -3.77. The largest absolute Gasteiger partial charge is 0.393 e. The highest BCUT2D eigenvalue weighted by atomic mass is 16.3. The average Bonchev–Trinajstić information content (AvgIpc) is 3.17. The fourth-order valence-corrected chi connectivity index (χ4v) is 5.75. The van der Waals surface area contributed by atoms with Crippen molar-refractivity contribution in [3.05, 3.63) is 78.9 Å². The van der Waals surface area contributed by atoms with Crippen LogP contribution < -0.4 is 5.73 Å². The normalized spacial score (nSPS) is 23.8. The molecule has 2 aromatic carbocycles. The molecule has 3 heterocycles. The maximum atomic E-state index is 9.98. The third kappa shape index (κ3) is 2.87. The van der Waals surface area contributed by atoms with Gasteiger partial charge in [-0.2, -0.15) is 0 Å². The quantitative estimate of drug-likeness (QED) is 0.431. The number of rotatable bonds is 3. The summed E-state index contributed by atoms with van der Waals surface area (Å²) in [6.45, 7) is 0. The van der Waals surface area contributed by atoms with Gasteiger partial charge < -0.3 is 10.8 Å². The third-order valence-corrected chi connectivity index (χ3v) is 7.35. The number of nitrogens with two attached hydrogens (primary N) is 1. The van der Waals surface area contributed by atoms with Gasteiger partial charge in [-0.15, -0.1) is 0 Å².